The van der Waals surface area contributed by atoms with Crippen molar-refractivity contribution in [3.8, 4) is 0 Å². The van der Waals surface area contributed by atoms with Gasteiger partial charge in [-0.15, -0.1) is 0 Å². The van der Waals surface area contributed by atoms with Gasteiger partial charge in [-0.05, 0) is 24.0 Å². The molecule has 1 heterocycles. The van der Waals surface area contributed by atoms with E-state index in [0.717, 1.165) is 18.4 Å². The van der Waals surface area contributed by atoms with E-state index < -0.39 is 12.1 Å². The summed E-state index contributed by atoms with van der Waals surface area (Å²) in [6.45, 7) is 1.57. The predicted molar refractivity (Wildman–Crippen MR) is 95.0 cm³/mol. The fourth-order valence-electron chi connectivity index (χ4n) is 3.25. The maximum atomic E-state index is 13.1. The quantitative estimate of drug-likeness (QED) is 0.907. The fraction of sp³-hybridized carbons (Fsp3) is 0.300. The molecule has 1 unspecified atom stereocenters. The molecular formula is C20H22N2O3. The number of hydrogen-bond acceptors (Lipinski definition) is 2. The minimum absolute atomic E-state index is 0.137. The van der Waals surface area contributed by atoms with Gasteiger partial charge in [0.2, 0.25) is 5.91 Å². The van der Waals surface area contributed by atoms with Gasteiger partial charge < -0.3 is 10.0 Å². The molecule has 0 aliphatic carbocycles. The van der Waals surface area contributed by atoms with Crippen LogP contribution in [0.4, 0.5) is 4.79 Å². The van der Waals surface area contributed by atoms with E-state index in [9.17, 15) is 14.7 Å². The van der Waals surface area contributed by atoms with Crippen LogP contribution < -0.4 is 0 Å². The number of hydrogen-bond donors (Lipinski definition) is 1. The highest BCUT2D eigenvalue weighted by Crippen LogP contribution is 2.27. The molecule has 130 valence electrons. The predicted octanol–water partition coefficient (Wildman–Crippen LogP) is 3.53. The van der Waals surface area contributed by atoms with E-state index in [4.69, 9.17) is 0 Å². The van der Waals surface area contributed by atoms with Crippen molar-refractivity contribution in [2.24, 2.45) is 0 Å². The molecule has 0 saturated carbocycles. The second kappa shape index (κ2) is 7.83. The highest BCUT2D eigenvalue weighted by Gasteiger charge is 2.35. The average Bonchev–Trinajstić information content (AvgIpc) is 3.17. The van der Waals surface area contributed by atoms with Gasteiger partial charge >= 0.3 is 6.09 Å². The molecule has 1 N–H and O–H groups in total. The van der Waals surface area contributed by atoms with Gasteiger partial charge in [-0.2, -0.15) is 0 Å². The lowest BCUT2D eigenvalue weighted by molar-refractivity contribution is -0.135. The lowest BCUT2D eigenvalue weighted by atomic mass is 10.0. The van der Waals surface area contributed by atoms with Crippen molar-refractivity contribution in [3.05, 3.63) is 71.8 Å². The van der Waals surface area contributed by atoms with Gasteiger partial charge in [0.1, 0.15) is 6.04 Å². The molecule has 5 heteroatoms. The minimum Gasteiger partial charge on any atom is -0.465 e. The van der Waals surface area contributed by atoms with Crippen LogP contribution in [0.5, 0.6) is 0 Å². The first-order valence-electron chi connectivity index (χ1n) is 8.54. The monoisotopic (exact) mass is 338 g/mol. The van der Waals surface area contributed by atoms with Crippen LogP contribution in [0, 0.1) is 0 Å². The average molecular weight is 338 g/mol. The molecular weight excluding hydrogens is 316 g/mol. The van der Waals surface area contributed by atoms with E-state index in [-0.39, 0.29) is 12.5 Å². The summed E-state index contributed by atoms with van der Waals surface area (Å²) in [5.41, 5.74) is 1.57. The molecule has 2 aromatic rings. The van der Waals surface area contributed by atoms with Gasteiger partial charge in [-0.25, -0.2) is 4.79 Å². The molecule has 1 fully saturated rings. The van der Waals surface area contributed by atoms with Gasteiger partial charge in [-0.1, -0.05) is 60.7 Å². The van der Waals surface area contributed by atoms with Crippen molar-refractivity contribution < 1.29 is 14.7 Å². The standard InChI is InChI=1S/C20H22N2O3/c23-19(21-13-7-8-14-21)18(17-11-5-2-6-12-17)22(20(24)25)15-16-9-3-1-4-10-16/h1-6,9-12,18H,7-8,13-15H2,(H,24,25). The first-order chi connectivity index (χ1) is 12.2. The number of nitrogens with zero attached hydrogens (tertiary/aromatic N) is 2. The molecule has 2 aromatic carbocycles. The second-order valence-corrected chi connectivity index (χ2v) is 6.24. The Hall–Kier alpha value is -2.82. The van der Waals surface area contributed by atoms with Crippen LogP contribution in [-0.4, -0.2) is 40.0 Å². The summed E-state index contributed by atoms with van der Waals surface area (Å²) in [5.74, 6) is -0.137. The molecule has 3 rings (SSSR count). The summed E-state index contributed by atoms with van der Waals surface area (Å²) in [6.07, 6.45) is 0.850. The van der Waals surface area contributed by atoms with E-state index in [0.29, 0.717) is 18.7 Å². The summed E-state index contributed by atoms with van der Waals surface area (Å²) in [7, 11) is 0. The highest BCUT2D eigenvalue weighted by atomic mass is 16.4. The molecule has 2 amide bonds. The van der Waals surface area contributed by atoms with E-state index in [1.54, 1.807) is 4.90 Å². The molecule has 25 heavy (non-hydrogen) atoms. The Morgan fingerprint density at radius 1 is 0.960 bits per heavy atom. The van der Waals surface area contributed by atoms with Crippen molar-refractivity contribution in [2.45, 2.75) is 25.4 Å². The topological polar surface area (TPSA) is 60.9 Å². The molecule has 1 aliphatic rings. The van der Waals surface area contributed by atoms with Crippen molar-refractivity contribution in [2.75, 3.05) is 13.1 Å². The number of carbonyl (C=O) groups is 2. The zero-order valence-corrected chi connectivity index (χ0v) is 14.0. The number of benzene rings is 2. The normalized spacial score (nSPS) is 15.0. The number of carbonyl (C=O) groups excluding carboxylic acids is 1. The lowest BCUT2D eigenvalue weighted by Gasteiger charge is -2.32. The summed E-state index contributed by atoms with van der Waals surface area (Å²) in [4.78, 5) is 28.1. The Morgan fingerprint density at radius 3 is 2.08 bits per heavy atom. The molecule has 0 bridgehead atoms. The van der Waals surface area contributed by atoms with Crippen LogP contribution in [0.2, 0.25) is 0 Å². The van der Waals surface area contributed by atoms with Gasteiger partial charge in [0.15, 0.2) is 0 Å². The molecule has 0 spiro atoms. The Bertz CT molecular complexity index is 712. The van der Waals surface area contributed by atoms with Crippen LogP contribution in [-0.2, 0) is 11.3 Å². The smallest absolute Gasteiger partial charge is 0.408 e. The van der Waals surface area contributed by atoms with Crippen LogP contribution in [0.1, 0.15) is 30.0 Å². The van der Waals surface area contributed by atoms with Gasteiger partial charge in [0.05, 0.1) is 6.54 Å². The van der Waals surface area contributed by atoms with Gasteiger partial charge in [0.25, 0.3) is 0 Å². The minimum atomic E-state index is -1.09. The van der Waals surface area contributed by atoms with Crippen LogP contribution >= 0.6 is 0 Å². The van der Waals surface area contributed by atoms with Crippen molar-refractivity contribution in [1.82, 2.24) is 9.80 Å². The maximum absolute atomic E-state index is 13.1. The van der Waals surface area contributed by atoms with E-state index in [2.05, 4.69) is 0 Å². The lowest BCUT2D eigenvalue weighted by Crippen LogP contribution is -2.44. The summed E-state index contributed by atoms with van der Waals surface area (Å²) < 4.78 is 0. The number of amides is 2. The van der Waals surface area contributed by atoms with Crippen molar-refractivity contribution >= 4 is 12.0 Å². The first-order valence-corrected chi connectivity index (χ1v) is 8.54. The summed E-state index contributed by atoms with van der Waals surface area (Å²) >= 11 is 0. The van der Waals surface area contributed by atoms with Crippen LogP contribution in [0.25, 0.3) is 0 Å². The second-order valence-electron chi connectivity index (χ2n) is 6.24. The third-order valence-corrected chi connectivity index (χ3v) is 4.52. The number of carboxylic acid groups (broad SMARTS) is 1. The van der Waals surface area contributed by atoms with Crippen LogP contribution in [0.15, 0.2) is 60.7 Å². The summed E-state index contributed by atoms with van der Waals surface area (Å²) in [5, 5.41) is 9.81. The van der Waals surface area contributed by atoms with E-state index in [1.165, 1.54) is 4.90 Å². The van der Waals surface area contributed by atoms with Crippen molar-refractivity contribution in [1.29, 1.82) is 0 Å². The Morgan fingerprint density at radius 2 is 1.52 bits per heavy atom. The summed E-state index contributed by atoms with van der Waals surface area (Å²) in [6, 6.07) is 17.7. The molecule has 1 aliphatic heterocycles. The SMILES string of the molecule is O=C(C(c1ccccc1)N(Cc1ccccc1)C(=O)O)N1CCCC1. The van der Waals surface area contributed by atoms with Gasteiger partial charge in [-0.3, -0.25) is 9.69 Å². The Labute approximate surface area is 147 Å². The molecule has 0 aromatic heterocycles. The van der Waals surface area contributed by atoms with E-state index >= 15 is 0 Å². The third-order valence-electron chi connectivity index (χ3n) is 4.52. The number of likely N-dealkylation sites (tertiary alicyclic amines) is 1. The molecule has 5 nitrogen and oxygen atoms in total. The van der Waals surface area contributed by atoms with Crippen LogP contribution in [0.3, 0.4) is 0 Å². The Kier molecular flexibility index (Phi) is 5.33. The highest BCUT2D eigenvalue weighted by molar-refractivity contribution is 5.86. The maximum Gasteiger partial charge on any atom is 0.408 e. The number of rotatable bonds is 5. The van der Waals surface area contributed by atoms with E-state index in [1.807, 2.05) is 60.7 Å². The zero-order valence-electron chi connectivity index (χ0n) is 14.0. The van der Waals surface area contributed by atoms with Gasteiger partial charge in [0, 0.05) is 13.1 Å². The first kappa shape index (κ1) is 17.0. The molecule has 1 saturated heterocycles. The molecule has 0 radical (unpaired) electrons. The van der Waals surface area contributed by atoms with Crippen molar-refractivity contribution in [3.63, 3.8) is 0 Å². The largest absolute Gasteiger partial charge is 0.465 e. The fourth-order valence-corrected chi connectivity index (χ4v) is 3.25. The third kappa shape index (κ3) is 3.99. The Balaban J connectivity index is 1.95. The zero-order chi connectivity index (χ0) is 17.6. The molecule has 1 atom stereocenters.